The van der Waals surface area contributed by atoms with Crippen molar-refractivity contribution in [1.82, 2.24) is 5.32 Å². The van der Waals surface area contributed by atoms with Crippen molar-refractivity contribution in [3.05, 3.63) is 34.3 Å². The Morgan fingerprint density at radius 3 is 2.67 bits per heavy atom. The number of rotatable bonds is 5. The van der Waals surface area contributed by atoms with Crippen LogP contribution in [0.4, 0.5) is 0 Å². The maximum absolute atomic E-state index is 6.36. The van der Waals surface area contributed by atoms with E-state index >= 15 is 0 Å². The van der Waals surface area contributed by atoms with E-state index in [2.05, 4.69) is 30.4 Å². The lowest BCUT2D eigenvalue weighted by Crippen LogP contribution is -2.17. The van der Waals surface area contributed by atoms with E-state index < -0.39 is 0 Å². The number of halogens is 1. The van der Waals surface area contributed by atoms with Crippen molar-refractivity contribution >= 4 is 11.6 Å². The first-order valence-corrected chi connectivity index (χ1v) is 7.52. The Kier molecular flexibility index (Phi) is 5.08. The van der Waals surface area contributed by atoms with Gasteiger partial charge < -0.3 is 5.32 Å². The van der Waals surface area contributed by atoms with Crippen molar-refractivity contribution in [2.45, 2.75) is 51.5 Å². The zero-order valence-corrected chi connectivity index (χ0v) is 12.3. The van der Waals surface area contributed by atoms with Gasteiger partial charge in [-0.05, 0) is 49.9 Å². The van der Waals surface area contributed by atoms with Crippen LogP contribution < -0.4 is 5.32 Å². The van der Waals surface area contributed by atoms with Crippen LogP contribution >= 0.6 is 11.6 Å². The number of benzene rings is 1. The van der Waals surface area contributed by atoms with Gasteiger partial charge in [0.1, 0.15) is 0 Å². The molecule has 1 aliphatic rings. The standard InChI is InChI=1S/C16H24ClN/c1-12-7-9-14(15(17)11-12)16(18-2)10-8-13-5-3-4-6-13/h7,9,11,13,16,18H,3-6,8,10H2,1-2H3. The molecule has 1 fully saturated rings. The Bertz CT molecular complexity index is 383. The normalized spacial score (nSPS) is 18.2. The molecule has 0 saturated heterocycles. The highest BCUT2D eigenvalue weighted by Gasteiger charge is 2.18. The first-order chi connectivity index (χ1) is 8.70. The summed E-state index contributed by atoms with van der Waals surface area (Å²) in [5, 5.41) is 4.32. The third-order valence-corrected chi connectivity index (χ3v) is 4.55. The van der Waals surface area contributed by atoms with Crippen LogP contribution in [-0.2, 0) is 0 Å². The molecule has 0 aromatic heterocycles. The smallest absolute Gasteiger partial charge is 0.0456 e. The van der Waals surface area contributed by atoms with Gasteiger partial charge in [0.2, 0.25) is 0 Å². The Balaban J connectivity index is 1.98. The zero-order chi connectivity index (χ0) is 13.0. The molecule has 0 aliphatic heterocycles. The lowest BCUT2D eigenvalue weighted by atomic mass is 9.94. The van der Waals surface area contributed by atoms with Crippen LogP contribution in [0, 0.1) is 12.8 Å². The molecule has 0 heterocycles. The third kappa shape index (κ3) is 3.49. The average Bonchev–Trinajstić information content (AvgIpc) is 2.85. The van der Waals surface area contributed by atoms with Crippen molar-refractivity contribution in [1.29, 1.82) is 0 Å². The Morgan fingerprint density at radius 1 is 1.33 bits per heavy atom. The van der Waals surface area contributed by atoms with Gasteiger partial charge in [0, 0.05) is 11.1 Å². The molecule has 0 amide bonds. The van der Waals surface area contributed by atoms with E-state index in [1.165, 1.54) is 49.7 Å². The molecule has 2 heteroatoms. The second-order valence-electron chi connectivity index (χ2n) is 5.59. The van der Waals surface area contributed by atoms with Crippen molar-refractivity contribution in [2.24, 2.45) is 5.92 Å². The van der Waals surface area contributed by atoms with E-state index in [1.807, 2.05) is 7.05 Å². The summed E-state index contributed by atoms with van der Waals surface area (Å²) in [4.78, 5) is 0. The summed E-state index contributed by atoms with van der Waals surface area (Å²) in [5.41, 5.74) is 2.48. The van der Waals surface area contributed by atoms with Gasteiger partial charge in [-0.25, -0.2) is 0 Å². The van der Waals surface area contributed by atoms with Crippen LogP contribution in [0.15, 0.2) is 18.2 Å². The minimum Gasteiger partial charge on any atom is -0.313 e. The van der Waals surface area contributed by atoms with E-state index in [1.54, 1.807) is 0 Å². The first-order valence-electron chi connectivity index (χ1n) is 7.14. The molecule has 100 valence electrons. The molecule has 1 atom stereocenters. The van der Waals surface area contributed by atoms with Gasteiger partial charge in [-0.3, -0.25) is 0 Å². The van der Waals surface area contributed by atoms with E-state index in [9.17, 15) is 0 Å². The van der Waals surface area contributed by atoms with Crippen LogP contribution in [0.25, 0.3) is 0 Å². The summed E-state index contributed by atoms with van der Waals surface area (Å²) in [7, 11) is 2.04. The van der Waals surface area contributed by atoms with Crippen molar-refractivity contribution < 1.29 is 0 Å². The fraction of sp³-hybridized carbons (Fsp3) is 0.625. The molecule has 1 aromatic rings. The highest BCUT2D eigenvalue weighted by atomic mass is 35.5. The van der Waals surface area contributed by atoms with Gasteiger partial charge in [-0.15, -0.1) is 0 Å². The van der Waals surface area contributed by atoms with Gasteiger partial charge in [0.15, 0.2) is 0 Å². The minimum absolute atomic E-state index is 0.402. The SMILES string of the molecule is CNC(CCC1CCCC1)c1ccc(C)cc1Cl. The van der Waals surface area contributed by atoms with Crippen LogP contribution in [0.5, 0.6) is 0 Å². The Labute approximate surface area is 116 Å². The fourth-order valence-electron chi connectivity index (χ4n) is 3.07. The van der Waals surface area contributed by atoms with Crippen LogP contribution in [0.2, 0.25) is 5.02 Å². The quantitative estimate of drug-likeness (QED) is 0.800. The Morgan fingerprint density at radius 2 is 2.06 bits per heavy atom. The largest absolute Gasteiger partial charge is 0.313 e. The van der Waals surface area contributed by atoms with Gasteiger partial charge in [0.05, 0.1) is 0 Å². The van der Waals surface area contributed by atoms with Crippen LogP contribution in [-0.4, -0.2) is 7.05 Å². The summed E-state index contributed by atoms with van der Waals surface area (Å²) < 4.78 is 0. The molecule has 1 saturated carbocycles. The fourth-order valence-corrected chi connectivity index (χ4v) is 3.44. The van der Waals surface area contributed by atoms with Crippen molar-refractivity contribution in [2.75, 3.05) is 7.05 Å². The van der Waals surface area contributed by atoms with Gasteiger partial charge in [-0.2, -0.15) is 0 Å². The highest BCUT2D eigenvalue weighted by Crippen LogP contribution is 2.33. The van der Waals surface area contributed by atoms with Crippen LogP contribution in [0.3, 0.4) is 0 Å². The molecule has 2 rings (SSSR count). The highest BCUT2D eigenvalue weighted by molar-refractivity contribution is 6.31. The zero-order valence-electron chi connectivity index (χ0n) is 11.5. The number of hydrogen-bond acceptors (Lipinski definition) is 1. The van der Waals surface area contributed by atoms with E-state index in [4.69, 9.17) is 11.6 Å². The molecule has 1 aliphatic carbocycles. The molecule has 1 N–H and O–H groups in total. The summed E-state index contributed by atoms with van der Waals surface area (Å²) in [5.74, 6) is 0.949. The summed E-state index contributed by atoms with van der Waals surface area (Å²) >= 11 is 6.36. The van der Waals surface area contributed by atoms with Gasteiger partial charge in [0.25, 0.3) is 0 Å². The summed E-state index contributed by atoms with van der Waals surface area (Å²) in [6.45, 7) is 2.09. The molecule has 1 nitrogen and oxygen atoms in total. The Hall–Kier alpha value is -0.530. The average molecular weight is 266 g/mol. The topological polar surface area (TPSA) is 12.0 Å². The second kappa shape index (κ2) is 6.58. The molecular formula is C16H24ClN. The monoisotopic (exact) mass is 265 g/mol. The van der Waals surface area contributed by atoms with Crippen molar-refractivity contribution in [3.63, 3.8) is 0 Å². The van der Waals surface area contributed by atoms with E-state index in [0.717, 1.165) is 10.9 Å². The number of nitrogens with one attached hydrogen (secondary N) is 1. The predicted molar refractivity (Wildman–Crippen MR) is 79.2 cm³/mol. The van der Waals surface area contributed by atoms with Crippen LogP contribution in [0.1, 0.15) is 55.7 Å². The van der Waals surface area contributed by atoms with Gasteiger partial charge >= 0.3 is 0 Å². The molecule has 1 unspecified atom stereocenters. The summed E-state index contributed by atoms with van der Waals surface area (Å²) in [6.07, 6.45) is 8.25. The van der Waals surface area contributed by atoms with E-state index in [-0.39, 0.29) is 0 Å². The number of hydrogen-bond donors (Lipinski definition) is 1. The number of aryl methyl sites for hydroxylation is 1. The molecule has 1 aromatic carbocycles. The minimum atomic E-state index is 0.402. The third-order valence-electron chi connectivity index (χ3n) is 4.22. The first kappa shape index (κ1) is 13.9. The predicted octanol–water partition coefficient (Wildman–Crippen LogP) is 4.88. The lowest BCUT2D eigenvalue weighted by Gasteiger charge is -2.20. The molecule has 0 spiro atoms. The summed E-state index contributed by atoms with van der Waals surface area (Å²) in [6, 6.07) is 6.80. The maximum atomic E-state index is 6.36. The van der Waals surface area contributed by atoms with Crippen molar-refractivity contribution in [3.8, 4) is 0 Å². The molecular weight excluding hydrogens is 242 g/mol. The van der Waals surface area contributed by atoms with E-state index in [0.29, 0.717) is 6.04 Å². The van der Waals surface area contributed by atoms with Gasteiger partial charge in [-0.1, -0.05) is 49.4 Å². The molecule has 18 heavy (non-hydrogen) atoms. The molecule has 0 radical (unpaired) electrons. The lowest BCUT2D eigenvalue weighted by molar-refractivity contribution is 0.427. The maximum Gasteiger partial charge on any atom is 0.0456 e. The molecule has 0 bridgehead atoms. The second-order valence-corrected chi connectivity index (χ2v) is 6.00.